The Morgan fingerprint density at radius 1 is 1.50 bits per heavy atom. The van der Waals surface area contributed by atoms with Crippen LogP contribution in [0.4, 0.5) is 4.39 Å². The first-order valence-electron chi connectivity index (χ1n) is 6.01. The number of benzene rings is 1. The summed E-state index contributed by atoms with van der Waals surface area (Å²) in [6, 6.07) is 4.79. The highest BCUT2D eigenvalue weighted by Crippen LogP contribution is 2.19. The Labute approximate surface area is 106 Å². The summed E-state index contributed by atoms with van der Waals surface area (Å²) in [7, 11) is 1.43. The second-order valence-electron chi connectivity index (χ2n) is 4.31. The lowest BCUT2D eigenvalue weighted by Gasteiger charge is -2.20. The lowest BCUT2D eigenvalue weighted by atomic mass is 10.2. The summed E-state index contributed by atoms with van der Waals surface area (Å²) in [5.41, 5.74) is 0.781. The lowest BCUT2D eigenvalue weighted by Crippen LogP contribution is -2.34. The number of hydrogen-bond donors (Lipinski definition) is 1. The molecule has 1 aromatic rings. The van der Waals surface area contributed by atoms with Crippen molar-refractivity contribution in [3.8, 4) is 5.75 Å². The Kier molecular flexibility index (Phi) is 4.15. The number of nitrogens with zero attached hydrogens (tertiary/aromatic N) is 1. The molecule has 1 saturated heterocycles. The highest BCUT2D eigenvalue weighted by atomic mass is 19.1. The first kappa shape index (κ1) is 12.8. The Balaban J connectivity index is 2.08. The third kappa shape index (κ3) is 2.98. The smallest absolute Gasteiger partial charge is 0.236 e. The zero-order chi connectivity index (χ0) is 13.0. The zero-order valence-corrected chi connectivity index (χ0v) is 10.4. The molecule has 1 N–H and O–H groups in total. The van der Waals surface area contributed by atoms with Crippen molar-refractivity contribution in [1.82, 2.24) is 10.2 Å². The van der Waals surface area contributed by atoms with Crippen molar-refractivity contribution in [3.63, 3.8) is 0 Å². The van der Waals surface area contributed by atoms with Gasteiger partial charge in [0.15, 0.2) is 11.6 Å². The zero-order valence-electron chi connectivity index (χ0n) is 10.4. The van der Waals surface area contributed by atoms with Crippen molar-refractivity contribution in [3.05, 3.63) is 29.6 Å². The monoisotopic (exact) mass is 252 g/mol. The molecule has 0 spiro atoms. The number of methoxy groups -OCH3 is 1. The minimum atomic E-state index is -0.393. The van der Waals surface area contributed by atoms with Gasteiger partial charge in [0.05, 0.1) is 13.7 Å². The number of ether oxygens (including phenoxy) is 1. The number of hydrogen-bond acceptors (Lipinski definition) is 3. The Bertz CT molecular complexity index is 437. The molecule has 4 nitrogen and oxygen atoms in total. The van der Waals surface area contributed by atoms with E-state index in [4.69, 9.17) is 4.74 Å². The van der Waals surface area contributed by atoms with Crippen LogP contribution in [0.15, 0.2) is 18.2 Å². The number of carbonyl (C=O) groups excluding carboxylic acids is 1. The first-order chi connectivity index (χ1) is 8.70. The molecule has 2 rings (SSSR count). The molecule has 5 heteroatoms. The number of carbonyl (C=O) groups is 1. The maximum Gasteiger partial charge on any atom is 0.236 e. The van der Waals surface area contributed by atoms with Crippen LogP contribution in [0.1, 0.15) is 12.0 Å². The first-order valence-corrected chi connectivity index (χ1v) is 6.01. The van der Waals surface area contributed by atoms with Gasteiger partial charge in [0.25, 0.3) is 0 Å². The molecule has 0 radical (unpaired) electrons. The van der Waals surface area contributed by atoms with Crippen LogP contribution in [-0.2, 0) is 11.3 Å². The van der Waals surface area contributed by atoms with E-state index in [-0.39, 0.29) is 11.7 Å². The van der Waals surface area contributed by atoms with E-state index in [2.05, 4.69) is 5.32 Å². The molecule has 0 unspecified atom stereocenters. The molecule has 1 fully saturated rings. The topological polar surface area (TPSA) is 41.6 Å². The molecule has 1 aromatic carbocycles. The summed E-state index contributed by atoms with van der Waals surface area (Å²) < 4.78 is 18.4. The summed E-state index contributed by atoms with van der Waals surface area (Å²) in [5, 5.41) is 3.06. The fraction of sp³-hybridized carbons (Fsp3) is 0.462. The van der Waals surface area contributed by atoms with Crippen molar-refractivity contribution < 1.29 is 13.9 Å². The summed E-state index contributed by atoms with van der Waals surface area (Å²) in [4.78, 5) is 13.5. The molecule has 18 heavy (non-hydrogen) atoms. The molecule has 1 heterocycles. The van der Waals surface area contributed by atoms with Crippen LogP contribution in [-0.4, -0.2) is 37.6 Å². The van der Waals surface area contributed by atoms with E-state index >= 15 is 0 Å². The largest absolute Gasteiger partial charge is 0.494 e. The molecular formula is C13H17FN2O2. The van der Waals surface area contributed by atoms with Crippen molar-refractivity contribution in [2.45, 2.75) is 13.0 Å². The summed E-state index contributed by atoms with van der Waals surface area (Å²) >= 11 is 0. The minimum Gasteiger partial charge on any atom is -0.494 e. The Morgan fingerprint density at radius 2 is 2.33 bits per heavy atom. The normalized spacial score (nSPS) is 16.6. The van der Waals surface area contributed by atoms with Crippen LogP contribution < -0.4 is 10.1 Å². The molecule has 98 valence electrons. The van der Waals surface area contributed by atoms with E-state index in [1.165, 1.54) is 13.2 Å². The third-order valence-corrected chi connectivity index (χ3v) is 3.00. The fourth-order valence-electron chi connectivity index (χ4n) is 2.02. The Morgan fingerprint density at radius 3 is 3.06 bits per heavy atom. The highest BCUT2D eigenvalue weighted by molar-refractivity contribution is 5.78. The van der Waals surface area contributed by atoms with Gasteiger partial charge in [-0.05, 0) is 30.7 Å². The summed E-state index contributed by atoms with van der Waals surface area (Å²) in [6.45, 7) is 2.36. The van der Waals surface area contributed by atoms with E-state index < -0.39 is 5.82 Å². The summed E-state index contributed by atoms with van der Waals surface area (Å²) in [5.74, 6) is -0.110. The standard InChI is InChI=1S/C13H17FN2O2/c1-18-12-4-3-10(7-11(12)14)9-16-6-2-5-15-8-13(16)17/h3-4,7,15H,2,5-6,8-9H2,1H3. The molecule has 0 aliphatic carbocycles. The van der Waals surface area contributed by atoms with E-state index in [1.54, 1.807) is 17.0 Å². The second kappa shape index (κ2) is 5.82. The van der Waals surface area contributed by atoms with Crippen molar-refractivity contribution in [2.24, 2.45) is 0 Å². The van der Waals surface area contributed by atoms with Crippen LogP contribution in [0.2, 0.25) is 0 Å². The molecule has 1 aliphatic heterocycles. The van der Waals surface area contributed by atoms with Crippen molar-refractivity contribution >= 4 is 5.91 Å². The number of rotatable bonds is 3. The number of amides is 1. The lowest BCUT2D eigenvalue weighted by molar-refractivity contribution is -0.130. The summed E-state index contributed by atoms with van der Waals surface area (Å²) in [6.07, 6.45) is 0.921. The highest BCUT2D eigenvalue weighted by Gasteiger charge is 2.16. The van der Waals surface area contributed by atoms with Gasteiger partial charge < -0.3 is 15.0 Å². The van der Waals surface area contributed by atoms with Gasteiger partial charge in [0.1, 0.15) is 0 Å². The third-order valence-electron chi connectivity index (χ3n) is 3.00. The van der Waals surface area contributed by atoms with Gasteiger partial charge in [-0.1, -0.05) is 6.07 Å². The van der Waals surface area contributed by atoms with Crippen molar-refractivity contribution in [2.75, 3.05) is 26.7 Å². The van der Waals surface area contributed by atoms with E-state index in [0.717, 1.165) is 18.5 Å². The van der Waals surface area contributed by atoms with Crippen molar-refractivity contribution in [1.29, 1.82) is 0 Å². The van der Waals surface area contributed by atoms with Gasteiger partial charge in [-0.2, -0.15) is 0 Å². The van der Waals surface area contributed by atoms with Crippen LogP contribution in [0.3, 0.4) is 0 Å². The quantitative estimate of drug-likeness (QED) is 0.877. The maximum atomic E-state index is 13.5. The SMILES string of the molecule is COc1ccc(CN2CCCNCC2=O)cc1F. The minimum absolute atomic E-state index is 0.0590. The average molecular weight is 252 g/mol. The molecular weight excluding hydrogens is 235 g/mol. The average Bonchev–Trinajstić information content (AvgIpc) is 2.55. The molecule has 0 aromatic heterocycles. The van der Waals surface area contributed by atoms with Gasteiger partial charge in [-0.15, -0.1) is 0 Å². The molecule has 1 amide bonds. The van der Waals surface area contributed by atoms with Gasteiger partial charge >= 0.3 is 0 Å². The van der Waals surface area contributed by atoms with E-state index in [9.17, 15) is 9.18 Å². The van der Waals surface area contributed by atoms with Gasteiger partial charge in [0, 0.05) is 13.1 Å². The molecule has 1 aliphatic rings. The van der Waals surface area contributed by atoms with Crippen LogP contribution >= 0.6 is 0 Å². The van der Waals surface area contributed by atoms with Crippen LogP contribution in [0.25, 0.3) is 0 Å². The van der Waals surface area contributed by atoms with Gasteiger partial charge in [0.2, 0.25) is 5.91 Å². The Hall–Kier alpha value is -1.62. The molecule has 0 saturated carbocycles. The van der Waals surface area contributed by atoms with Crippen LogP contribution in [0.5, 0.6) is 5.75 Å². The van der Waals surface area contributed by atoms with E-state index in [0.29, 0.717) is 19.6 Å². The molecule has 0 atom stereocenters. The van der Waals surface area contributed by atoms with Crippen LogP contribution in [0, 0.1) is 5.82 Å². The fourth-order valence-corrected chi connectivity index (χ4v) is 2.02. The number of halogens is 1. The predicted molar refractivity (Wildman–Crippen MR) is 65.9 cm³/mol. The maximum absolute atomic E-state index is 13.5. The predicted octanol–water partition coefficient (Wildman–Crippen LogP) is 1.16. The van der Waals surface area contributed by atoms with Gasteiger partial charge in [-0.25, -0.2) is 4.39 Å². The number of nitrogens with one attached hydrogen (secondary N) is 1. The van der Waals surface area contributed by atoms with Gasteiger partial charge in [-0.3, -0.25) is 4.79 Å². The van der Waals surface area contributed by atoms with E-state index in [1.807, 2.05) is 0 Å². The molecule has 0 bridgehead atoms. The second-order valence-corrected chi connectivity index (χ2v) is 4.31.